The smallest absolute Gasteiger partial charge is 0.128 e. The van der Waals surface area contributed by atoms with E-state index in [0.29, 0.717) is 6.04 Å². The van der Waals surface area contributed by atoms with E-state index in [-0.39, 0.29) is 0 Å². The van der Waals surface area contributed by atoms with E-state index in [1.54, 1.807) is 0 Å². The molecule has 0 N–H and O–H groups in total. The van der Waals surface area contributed by atoms with Crippen LogP contribution in [0.2, 0.25) is 0 Å². The van der Waals surface area contributed by atoms with Gasteiger partial charge >= 0.3 is 0 Å². The molecule has 2 fully saturated rings. The van der Waals surface area contributed by atoms with Crippen molar-refractivity contribution in [2.45, 2.75) is 58.0 Å². The number of aromatic nitrogens is 1. The molecule has 3 nitrogen and oxygen atoms in total. The third-order valence-electron chi connectivity index (χ3n) is 5.99. The molecule has 0 unspecified atom stereocenters. The molecule has 26 heavy (non-hydrogen) atoms. The predicted molar refractivity (Wildman–Crippen MR) is 108 cm³/mol. The van der Waals surface area contributed by atoms with Gasteiger partial charge in [-0.15, -0.1) is 0 Å². The molecule has 0 radical (unpaired) electrons. The van der Waals surface area contributed by atoms with Crippen molar-refractivity contribution in [1.82, 2.24) is 9.88 Å². The summed E-state index contributed by atoms with van der Waals surface area (Å²) in [7, 11) is 0. The Bertz CT molecular complexity index is 707. The highest BCUT2D eigenvalue weighted by atomic mass is 15.2. The van der Waals surface area contributed by atoms with E-state index in [4.69, 9.17) is 4.98 Å². The summed E-state index contributed by atoms with van der Waals surface area (Å²) < 4.78 is 0. The zero-order chi connectivity index (χ0) is 17.8. The van der Waals surface area contributed by atoms with Crippen molar-refractivity contribution in [3.05, 3.63) is 59.3 Å². The van der Waals surface area contributed by atoms with Crippen LogP contribution in [0.1, 0.15) is 61.4 Å². The van der Waals surface area contributed by atoms with Gasteiger partial charge in [-0.2, -0.15) is 0 Å². The summed E-state index contributed by atoms with van der Waals surface area (Å²) in [6.45, 7) is 6.76. The molecule has 2 saturated heterocycles. The number of rotatable bonds is 4. The molecule has 2 aliphatic rings. The van der Waals surface area contributed by atoms with E-state index in [2.05, 4.69) is 59.2 Å². The summed E-state index contributed by atoms with van der Waals surface area (Å²) in [5.41, 5.74) is 4.06. The minimum Gasteiger partial charge on any atom is -0.357 e. The summed E-state index contributed by atoms with van der Waals surface area (Å²) in [4.78, 5) is 10.1. The average molecular weight is 350 g/mol. The maximum absolute atomic E-state index is 5.01. The Kier molecular flexibility index (Phi) is 5.54. The fourth-order valence-corrected chi connectivity index (χ4v) is 4.56. The van der Waals surface area contributed by atoms with Gasteiger partial charge in [-0.05, 0) is 62.8 Å². The van der Waals surface area contributed by atoms with E-state index in [9.17, 15) is 0 Å². The van der Waals surface area contributed by atoms with Gasteiger partial charge in [-0.1, -0.05) is 42.8 Å². The molecule has 2 aromatic rings. The normalized spacial score (nSPS) is 21.7. The minimum atomic E-state index is 0.506. The van der Waals surface area contributed by atoms with Crippen molar-refractivity contribution in [3.8, 4) is 0 Å². The SMILES string of the molecule is Cc1nc(N2CCCCC2)ccc1[C@H]1CCCCN1Cc1ccccc1. The number of pyridine rings is 1. The molecule has 4 rings (SSSR count). The summed E-state index contributed by atoms with van der Waals surface area (Å²) in [5, 5.41) is 0. The molecule has 2 aliphatic heterocycles. The Morgan fingerprint density at radius 3 is 2.42 bits per heavy atom. The Balaban J connectivity index is 1.54. The largest absolute Gasteiger partial charge is 0.357 e. The molecule has 3 heteroatoms. The van der Waals surface area contributed by atoms with Crippen molar-refractivity contribution < 1.29 is 0 Å². The first-order valence-electron chi connectivity index (χ1n) is 10.3. The first-order chi connectivity index (χ1) is 12.8. The standard InChI is InChI=1S/C23H31N3/c1-19-21(13-14-23(24-19)25-15-7-3-8-16-25)22-12-6-9-17-26(22)18-20-10-4-2-5-11-20/h2,4-5,10-11,13-14,22H,3,6-9,12,15-18H2,1H3/t22-/m1/s1. The van der Waals surface area contributed by atoms with Gasteiger partial charge in [0.15, 0.2) is 0 Å². The van der Waals surface area contributed by atoms with Crippen LogP contribution in [0.4, 0.5) is 5.82 Å². The average Bonchev–Trinajstić information content (AvgIpc) is 2.70. The first kappa shape index (κ1) is 17.5. The number of hydrogen-bond donors (Lipinski definition) is 0. The van der Waals surface area contributed by atoms with E-state index in [0.717, 1.165) is 19.6 Å². The van der Waals surface area contributed by atoms with Crippen molar-refractivity contribution >= 4 is 5.82 Å². The monoisotopic (exact) mass is 349 g/mol. The van der Waals surface area contributed by atoms with Gasteiger partial charge in [0.05, 0.1) is 0 Å². The molecular weight excluding hydrogens is 318 g/mol. The topological polar surface area (TPSA) is 19.4 Å². The van der Waals surface area contributed by atoms with Crippen molar-refractivity contribution in [2.24, 2.45) is 0 Å². The Morgan fingerprint density at radius 2 is 1.65 bits per heavy atom. The first-order valence-corrected chi connectivity index (χ1v) is 10.3. The zero-order valence-electron chi connectivity index (χ0n) is 16.0. The molecule has 0 saturated carbocycles. The zero-order valence-corrected chi connectivity index (χ0v) is 16.0. The van der Waals surface area contributed by atoms with Crippen LogP contribution in [-0.2, 0) is 6.54 Å². The number of anilines is 1. The molecule has 0 amide bonds. The lowest BCUT2D eigenvalue weighted by Gasteiger charge is -2.37. The number of hydrogen-bond acceptors (Lipinski definition) is 3. The second kappa shape index (κ2) is 8.22. The van der Waals surface area contributed by atoms with Gasteiger partial charge in [0.2, 0.25) is 0 Å². The van der Waals surface area contributed by atoms with Gasteiger partial charge in [-0.3, -0.25) is 4.90 Å². The van der Waals surface area contributed by atoms with Crippen LogP contribution in [0.3, 0.4) is 0 Å². The van der Waals surface area contributed by atoms with E-state index in [1.807, 2.05) is 0 Å². The minimum absolute atomic E-state index is 0.506. The third kappa shape index (κ3) is 3.93. The van der Waals surface area contributed by atoms with Crippen LogP contribution >= 0.6 is 0 Å². The van der Waals surface area contributed by atoms with E-state index in [1.165, 1.54) is 67.7 Å². The highest BCUT2D eigenvalue weighted by Crippen LogP contribution is 2.34. The molecule has 0 spiro atoms. The molecule has 1 aromatic heterocycles. The molecule has 1 atom stereocenters. The third-order valence-corrected chi connectivity index (χ3v) is 5.99. The molecular formula is C23H31N3. The van der Waals surface area contributed by atoms with Crippen LogP contribution in [0, 0.1) is 6.92 Å². The second-order valence-corrected chi connectivity index (χ2v) is 7.86. The van der Waals surface area contributed by atoms with Gasteiger partial charge in [0.1, 0.15) is 5.82 Å². The van der Waals surface area contributed by atoms with Crippen LogP contribution in [-0.4, -0.2) is 29.5 Å². The number of nitrogens with zero attached hydrogens (tertiary/aromatic N) is 3. The fourth-order valence-electron chi connectivity index (χ4n) is 4.56. The number of likely N-dealkylation sites (tertiary alicyclic amines) is 1. The summed E-state index contributed by atoms with van der Waals surface area (Å²) in [6.07, 6.45) is 7.85. The predicted octanol–water partition coefficient (Wildman–Crippen LogP) is 5.11. The molecule has 3 heterocycles. The number of benzene rings is 1. The quantitative estimate of drug-likeness (QED) is 0.765. The summed E-state index contributed by atoms with van der Waals surface area (Å²) in [6, 6.07) is 16.0. The molecule has 138 valence electrons. The highest BCUT2D eigenvalue weighted by molar-refractivity contribution is 5.43. The van der Waals surface area contributed by atoms with Crippen LogP contribution in [0.5, 0.6) is 0 Å². The van der Waals surface area contributed by atoms with E-state index >= 15 is 0 Å². The number of aryl methyl sites for hydroxylation is 1. The summed E-state index contributed by atoms with van der Waals surface area (Å²) >= 11 is 0. The van der Waals surface area contributed by atoms with Gasteiger partial charge in [-0.25, -0.2) is 4.98 Å². The lowest BCUT2D eigenvalue weighted by molar-refractivity contribution is 0.139. The Hall–Kier alpha value is -1.87. The maximum Gasteiger partial charge on any atom is 0.128 e. The molecule has 0 bridgehead atoms. The lowest BCUT2D eigenvalue weighted by Crippen LogP contribution is -2.34. The molecule has 1 aromatic carbocycles. The summed E-state index contributed by atoms with van der Waals surface area (Å²) in [5.74, 6) is 1.18. The van der Waals surface area contributed by atoms with Crippen LogP contribution in [0.15, 0.2) is 42.5 Å². The molecule has 0 aliphatic carbocycles. The van der Waals surface area contributed by atoms with Crippen molar-refractivity contribution in [1.29, 1.82) is 0 Å². The van der Waals surface area contributed by atoms with Crippen LogP contribution < -0.4 is 4.90 Å². The number of piperidine rings is 2. The van der Waals surface area contributed by atoms with Gasteiger partial charge in [0, 0.05) is 31.4 Å². The Labute approximate surface area is 158 Å². The highest BCUT2D eigenvalue weighted by Gasteiger charge is 2.26. The van der Waals surface area contributed by atoms with E-state index < -0.39 is 0 Å². The van der Waals surface area contributed by atoms with Gasteiger partial charge in [0.25, 0.3) is 0 Å². The van der Waals surface area contributed by atoms with Crippen molar-refractivity contribution in [3.63, 3.8) is 0 Å². The Morgan fingerprint density at radius 1 is 0.885 bits per heavy atom. The van der Waals surface area contributed by atoms with Gasteiger partial charge < -0.3 is 4.90 Å². The van der Waals surface area contributed by atoms with Crippen molar-refractivity contribution in [2.75, 3.05) is 24.5 Å². The second-order valence-electron chi connectivity index (χ2n) is 7.86. The van der Waals surface area contributed by atoms with Crippen LogP contribution in [0.25, 0.3) is 0 Å². The lowest BCUT2D eigenvalue weighted by atomic mass is 9.93. The maximum atomic E-state index is 5.01. The fraction of sp³-hybridized carbons (Fsp3) is 0.522.